The Labute approximate surface area is 101 Å². The van der Waals surface area contributed by atoms with Crippen molar-refractivity contribution in [3.05, 3.63) is 0 Å². The van der Waals surface area contributed by atoms with E-state index in [1.807, 2.05) is 0 Å². The summed E-state index contributed by atoms with van der Waals surface area (Å²) < 4.78 is 21.8. The van der Waals surface area contributed by atoms with Gasteiger partial charge in [0.2, 0.25) is 6.29 Å². The van der Waals surface area contributed by atoms with Crippen molar-refractivity contribution in [2.24, 2.45) is 0 Å². The third-order valence-corrected chi connectivity index (χ3v) is 2.46. The maximum atomic E-state index is 12.7. The number of hydrogen-bond donors (Lipinski definition) is 4. The standard InChI is InChI=1S/C9H13FO8/c1-2-4(11)5(12)6(13)9(17-2)18-8(16)3(10)7(14)15/h2-6,9,11-13H,1H3,(H,14,15)/t2-,3?,4-,5+,6+,9?/m0/s1. The lowest BCUT2D eigenvalue weighted by Crippen LogP contribution is -2.58. The summed E-state index contributed by atoms with van der Waals surface area (Å²) in [5, 5.41) is 36.3. The van der Waals surface area contributed by atoms with Gasteiger partial charge in [0, 0.05) is 0 Å². The molecule has 2 unspecified atom stereocenters. The topological polar surface area (TPSA) is 134 Å². The molecular formula is C9H13FO8. The predicted molar refractivity (Wildman–Crippen MR) is 51.0 cm³/mol. The number of carbonyl (C=O) groups excluding carboxylic acids is 1. The van der Waals surface area contributed by atoms with E-state index in [0.29, 0.717) is 0 Å². The molecular weight excluding hydrogens is 255 g/mol. The van der Waals surface area contributed by atoms with Crippen molar-refractivity contribution in [1.82, 2.24) is 0 Å². The van der Waals surface area contributed by atoms with Crippen LogP contribution in [0.1, 0.15) is 6.92 Å². The summed E-state index contributed by atoms with van der Waals surface area (Å²) in [5.41, 5.74) is 0. The Kier molecular flexibility index (Phi) is 4.57. The minimum Gasteiger partial charge on any atom is -0.479 e. The molecule has 0 bridgehead atoms. The Hall–Kier alpha value is -1.29. The van der Waals surface area contributed by atoms with Crippen LogP contribution in [0, 0.1) is 0 Å². The van der Waals surface area contributed by atoms with Gasteiger partial charge in [-0.05, 0) is 6.92 Å². The number of aliphatic hydroxyl groups excluding tert-OH is 3. The Bertz CT molecular complexity index is 335. The maximum absolute atomic E-state index is 12.7. The van der Waals surface area contributed by atoms with Crippen LogP contribution >= 0.6 is 0 Å². The highest BCUT2D eigenvalue weighted by Gasteiger charge is 2.45. The highest BCUT2D eigenvalue weighted by molar-refractivity contribution is 5.96. The molecule has 1 heterocycles. The molecule has 0 aromatic heterocycles. The normalized spacial score (nSPS) is 37.9. The van der Waals surface area contributed by atoms with E-state index in [1.54, 1.807) is 0 Å². The van der Waals surface area contributed by atoms with Gasteiger partial charge in [-0.15, -0.1) is 0 Å². The molecule has 1 fully saturated rings. The molecule has 0 saturated carbocycles. The van der Waals surface area contributed by atoms with Gasteiger partial charge in [0.1, 0.15) is 18.3 Å². The third-order valence-electron chi connectivity index (χ3n) is 2.46. The first-order chi connectivity index (χ1) is 8.25. The second kappa shape index (κ2) is 5.57. The van der Waals surface area contributed by atoms with Crippen LogP contribution in [-0.4, -0.2) is 69.2 Å². The van der Waals surface area contributed by atoms with Crippen LogP contribution in [0.15, 0.2) is 0 Å². The zero-order valence-electron chi connectivity index (χ0n) is 9.26. The van der Waals surface area contributed by atoms with E-state index in [4.69, 9.17) is 9.84 Å². The summed E-state index contributed by atoms with van der Waals surface area (Å²) >= 11 is 0. The monoisotopic (exact) mass is 268 g/mol. The van der Waals surface area contributed by atoms with Gasteiger partial charge in [0.15, 0.2) is 0 Å². The summed E-state index contributed by atoms with van der Waals surface area (Å²) in [6, 6.07) is 0. The number of ether oxygens (including phenoxy) is 2. The van der Waals surface area contributed by atoms with E-state index < -0.39 is 48.8 Å². The number of aliphatic hydroxyl groups is 3. The molecule has 1 aliphatic rings. The number of carboxylic acids is 1. The molecule has 0 aromatic carbocycles. The summed E-state index contributed by atoms with van der Waals surface area (Å²) in [7, 11) is 0. The van der Waals surface area contributed by atoms with Crippen molar-refractivity contribution in [2.75, 3.05) is 0 Å². The zero-order chi connectivity index (χ0) is 14.0. The molecule has 0 radical (unpaired) electrons. The van der Waals surface area contributed by atoms with Gasteiger partial charge in [0.25, 0.3) is 6.17 Å². The summed E-state index contributed by atoms with van der Waals surface area (Å²) in [4.78, 5) is 21.2. The number of rotatable bonds is 3. The molecule has 0 amide bonds. The molecule has 6 atom stereocenters. The first kappa shape index (κ1) is 14.8. The number of esters is 1. The van der Waals surface area contributed by atoms with Crippen LogP contribution in [0.2, 0.25) is 0 Å². The molecule has 1 rings (SSSR count). The van der Waals surface area contributed by atoms with Gasteiger partial charge in [-0.3, -0.25) is 0 Å². The Balaban J connectivity index is 2.67. The molecule has 4 N–H and O–H groups in total. The lowest BCUT2D eigenvalue weighted by atomic mass is 10.0. The molecule has 8 nitrogen and oxygen atoms in total. The van der Waals surface area contributed by atoms with Crippen molar-refractivity contribution in [3.63, 3.8) is 0 Å². The van der Waals surface area contributed by atoms with Crippen LogP contribution in [0.5, 0.6) is 0 Å². The van der Waals surface area contributed by atoms with Crippen LogP contribution in [0.25, 0.3) is 0 Å². The van der Waals surface area contributed by atoms with Crippen molar-refractivity contribution >= 4 is 11.9 Å². The number of alkyl halides is 1. The van der Waals surface area contributed by atoms with Gasteiger partial charge in [0.05, 0.1) is 6.10 Å². The molecule has 104 valence electrons. The van der Waals surface area contributed by atoms with Crippen molar-refractivity contribution < 1.29 is 43.9 Å². The number of halogens is 1. The quantitative estimate of drug-likeness (QED) is 0.334. The van der Waals surface area contributed by atoms with Gasteiger partial charge < -0.3 is 29.9 Å². The lowest BCUT2D eigenvalue weighted by Gasteiger charge is -2.38. The van der Waals surface area contributed by atoms with E-state index >= 15 is 0 Å². The van der Waals surface area contributed by atoms with Gasteiger partial charge in [-0.25, -0.2) is 14.0 Å². The Morgan fingerprint density at radius 2 is 1.78 bits per heavy atom. The van der Waals surface area contributed by atoms with Crippen LogP contribution < -0.4 is 0 Å². The van der Waals surface area contributed by atoms with E-state index in [1.165, 1.54) is 6.92 Å². The van der Waals surface area contributed by atoms with Gasteiger partial charge >= 0.3 is 11.9 Å². The van der Waals surface area contributed by atoms with Crippen molar-refractivity contribution in [3.8, 4) is 0 Å². The number of carboxylic acid groups (broad SMARTS) is 1. The van der Waals surface area contributed by atoms with E-state index in [9.17, 15) is 29.3 Å². The lowest BCUT2D eigenvalue weighted by molar-refractivity contribution is -0.286. The zero-order valence-corrected chi connectivity index (χ0v) is 9.26. The summed E-state index contributed by atoms with van der Waals surface area (Å²) in [6.07, 6.45) is -10.5. The SMILES string of the molecule is C[C@@H]1OC(OC(=O)C(F)C(=O)O)[C@H](O)[C@H](O)[C@H]1O. The Morgan fingerprint density at radius 3 is 2.28 bits per heavy atom. The highest BCUT2D eigenvalue weighted by Crippen LogP contribution is 2.22. The number of carbonyl (C=O) groups is 2. The summed E-state index contributed by atoms with van der Waals surface area (Å²) in [6.45, 7) is 1.32. The van der Waals surface area contributed by atoms with Crippen molar-refractivity contribution in [1.29, 1.82) is 0 Å². The first-order valence-corrected chi connectivity index (χ1v) is 5.02. The Morgan fingerprint density at radius 1 is 1.22 bits per heavy atom. The second-order valence-electron chi connectivity index (χ2n) is 3.82. The summed E-state index contributed by atoms with van der Waals surface area (Å²) in [5.74, 6) is -3.80. The van der Waals surface area contributed by atoms with E-state index in [2.05, 4.69) is 4.74 Å². The fourth-order valence-electron chi connectivity index (χ4n) is 1.39. The number of aliphatic carboxylic acids is 1. The van der Waals surface area contributed by atoms with Gasteiger partial charge in [-0.2, -0.15) is 0 Å². The molecule has 0 aromatic rings. The maximum Gasteiger partial charge on any atom is 0.355 e. The minimum atomic E-state index is -2.92. The average molecular weight is 268 g/mol. The largest absolute Gasteiger partial charge is 0.479 e. The number of hydrogen-bond acceptors (Lipinski definition) is 7. The third kappa shape index (κ3) is 2.93. The predicted octanol–water partition coefficient (Wildman–Crippen LogP) is -2.22. The van der Waals surface area contributed by atoms with E-state index in [0.717, 1.165) is 0 Å². The molecule has 0 spiro atoms. The first-order valence-electron chi connectivity index (χ1n) is 5.02. The van der Waals surface area contributed by atoms with E-state index in [-0.39, 0.29) is 0 Å². The molecule has 9 heteroatoms. The smallest absolute Gasteiger partial charge is 0.355 e. The van der Waals surface area contributed by atoms with Crippen LogP contribution in [0.3, 0.4) is 0 Å². The highest BCUT2D eigenvalue weighted by atomic mass is 19.1. The van der Waals surface area contributed by atoms with Crippen LogP contribution in [-0.2, 0) is 19.1 Å². The van der Waals surface area contributed by atoms with Crippen molar-refractivity contribution in [2.45, 2.75) is 43.8 Å². The molecule has 0 aliphatic carbocycles. The molecule has 1 aliphatic heterocycles. The van der Waals surface area contributed by atoms with Gasteiger partial charge in [-0.1, -0.05) is 0 Å². The average Bonchev–Trinajstić information content (AvgIpc) is 2.32. The molecule has 1 saturated heterocycles. The fraction of sp³-hybridized carbons (Fsp3) is 0.778. The fourth-order valence-corrected chi connectivity index (χ4v) is 1.39. The molecule has 18 heavy (non-hydrogen) atoms. The minimum absolute atomic E-state index is 0.982. The van der Waals surface area contributed by atoms with Crippen LogP contribution in [0.4, 0.5) is 4.39 Å². The second-order valence-corrected chi connectivity index (χ2v) is 3.82.